The zero-order chi connectivity index (χ0) is 34.3. The summed E-state index contributed by atoms with van der Waals surface area (Å²) in [5.74, 6) is -1.99. The maximum Gasteiger partial charge on any atom is 0.364 e. The van der Waals surface area contributed by atoms with Gasteiger partial charge >= 0.3 is 7.60 Å². The lowest BCUT2D eigenvalue weighted by atomic mass is 9.95. The van der Waals surface area contributed by atoms with Crippen LogP contribution in [0, 0.1) is 0 Å². The Kier molecular flexibility index (Phi) is 14.5. The summed E-state index contributed by atoms with van der Waals surface area (Å²) in [5, 5.41) is 0. The van der Waals surface area contributed by atoms with E-state index in [0.717, 1.165) is 22.3 Å². The van der Waals surface area contributed by atoms with E-state index in [1.807, 2.05) is 121 Å². The Labute approximate surface area is 288 Å². The van der Waals surface area contributed by atoms with Crippen LogP contribution >= 0.6 is 7.60 Å². The van der Waals surface area contributed by atoms with Crippen molar-refractivity contribution in [1.82, 2.24) is 0 Å². The van der Waals surface area contributed by atoms with E-state index in [1.54, 1.807) is 13.8 Å². The summed E-state index contributed by atoms with van der Waals surface area (Å²) in [6.45, 7) is 4.24. The number of hydrogen-bond acceptors (Lipinski definition) is 8. The topological polar surface area (TPSA) is 81.7 Å². The molecule has 1 saturated heterocycles. The minimum atomic E-state index is -4.13. The maximum atomic E-state index is 16.2. The van der Waals surface area contributed by atoms with Crippen molar-refractivity contribution in [1.29, 1.82) is 0 Å². The maximum absolute atomic E-state index is 16.2. The van der Waals surface area contributed by atoms with Gasteiger partial charge in [0, 0.05) is 6.42 Å². The number of alkyl halides is 1. The number of halogens is 1. The molecule has 0 spiro atoms. The molecule has 0 aromatic heterocycles. The van der Waals surface area contributed by atoms with E-state index >= 15 is 4.39 Å². The molecule has 1 heterocycles. The molecule has 0 amide bonds. The number of benzene rings is 4. The van der Waals surface area contributed by atoms with Gasteiger partial charge in [-0.25, -0.2) is 4.39 Å². The van der Waals surface area contributed by atoms with Gasteiger partial charge in [-0.05, 0) is 36.1 Å². The van der Waals surface area contributed by atoms with Crippen molar-refractivity contribution in [3.8, 4) is 0 Å². The van der Waals surface area contributed by atoms with Crippen LogP contribution in [0.4, 0.5) is 4.39 Å². The van der Waals surface area contributed by atoms with E-state index in [9.17, 15) is 4.57 Å². The highest BCUT2D eigenvalue weighted by Gasteiger charge is 2.51. The van der Waals surface area contributed by atoms with E-state index in [-0.39, 0.29) is 46.1 Å². The summed E-state index contributed by atoms with van der Waals surface area (Å²) in [6.07, 6.45) is -4.72. The standard InChI is InChI=1S/C39H46FO8P/c1-3-46-49(41,47-4-2)35(40)25-34-36(42-26-30-17-9-5-10-18-30)37(43-27-31-19-11-6-12-20-31)38(44-28-32-21-13-7-14-22-32)39(48-34)45-29-33-23-15-8-16-24-33/h5-24,34-39H,3-4,25-29H2,1-2H3/t34-,35+,36-,37+,38-,39-/m1/s1. The quantitative estimate of drug-likeness (QED) is 0.0904. The van der Waals surface area contributed by atoms with Crippen molar-refractivity contribution in [3.63, 3.8) is 0 Å². The Morgan fingerprint density at radius 3 is 1.35 bits per heavy atom. The van der Waals surface area contributed by atoms with Crippen molar-refractivity contribution >= 4 is 7.60 Å². The molecule has 1 aliphatic heterocycles. The molecule has 1 aliphatic rings. The molecule has 8 nitrogen and oxygen atoms in total. The second-order valence-corrected chi connectivity index (χ2v) is 13.8. The van der Waals surface area contributed by atoms with E-state index < -0.39 is 44.2 Å². The number of ether oxygens (including phenoxy) is 5. The molecular formula is C39H46FO8P. The fourth-order valence-electron chi connectivity index (χ4n) is 5.70. The molecule has 1 fully saturated rings. The first-order chi connectivity index (χ1) is 24.0. The first-order valence-electron chi connectivity index (χ1n) is 16.8. The Morgan fingerprint density at radius 1 is 0.571 bits per heavy atom. The number of rotatable bonds is 19. The van der Waals surface area contributed by atoms with Gasteiger partial charge < -0.3 is 32.7 Å². The number of hydrogen-bond donors (Lipinski definition) is 0. The van der Waals surface area contributed by atoms with Crippen molar-refractivity contribution in [2.75, 3.05) is 13.2 Å². The molecule has 0 aliphatic carbocycles. The van der Waals surface area contributed by atoms with E-state index in [4.69, 9.17) is 32.7 Å². The van der Waals surface area contributed by atoms with Crippen molar-refractivity contribution in [2.24, 2.45) is 0 Å². The van der Waals surface area contributed by atoms with Gasteiger partial charge in [0.15, 0.2) is 6.29 Å². The molecule has 0 radical (unpaired) electrons. The summed E-state index contributed by atoms with van der Waals surface area (Å²) in [4.78, 5) is 0. The van der Waals surface area contributed by atoms with E-state index in [0.29, 0.717) is 0 Å². The van der Waals surface area contributed by atoms with Gasteiger partial charge in [-0.15, -0.1) is 0 Å². The van der Waals surface area contributed by atoms with E-state index in [2.05, 4.69) is 0 Å². The third-order valence-electron chi connectivity index (χ3n) is 8.09. The summed E-state index contributed by atoms with van der Waals surface area (Å²) in [5.41, 5.74) is 3.73. The van der Waals surface area contributed by atoms with Crippen LogP contribution in [-0.2, 0) is 63.7 Å². The van der Waals surface area contributed by atoms with Crippen molar-refractivity contribution in [2.45, 2.75) is 83.3 Å². The fourth-order valence-corrected chi connectivity index (χ4v) is 7.29. The molecule has 262 valence electrons. The van der Waals surface area contributed by atoms with Gasteiger partial charge in [0.05, 0.1) is 45.7 Å². The molecule has 0 bridgehead atoms. The highest BCUT2D eigenvalue weighted by atomic mass is 31.2. The molecule has 10 heteroatoms. The molecule has 0 N–H and O–H groups in total. The largest absolute Gasteiger partial charge is 0.368 e. The van der Waals surface area contributed by atoms with Crippen LogP contribution in [0.15, 0.2) is 121 Å². The Balaban J connectivity index is 1.51. The molecule has 6 atom stereocenters. The minimum absolute atomic E-state index is 0.0260. The highest BCUT2D eigenvalue weighted by molar-refractivity contribution is 7.54. The summed E-state index contributed by atoms with van der Waals surface area (Å²) < 4.78 is 73.4. The van der Waals surface area contributed by atoms with Crippen LogP contribution in [0.25, 0.3) is 0 Å². The molecule has 4 aromatic rings. The SMILES string of the molecule is CCOP(=O)(OCC)[C@H](F)C[C@H]1O[C@@H](OCc2ccccc2)[C@H](OCc2ccccc2)[C@@H](OCc2ccccc2)[C@@H]1OCc1ccccc1. The van der Waals surface area contributed by atoms with Crippen LogP contribution in [0.3, 0.4) is 0 Å². The summed E-state index contributed by atoms with van der Waals surface area (Å²) >= 11 is 0. The minimum Gasteiger partial charge on any atom is -0.368 e. The average molecular weight is 693 g/mol. The van der Waals surface area contributed by atoms with Crippen LogP contribution in [0.2, 0.25) is 0 Å². The van der Waals surface area contributed by atoms with Gasteiger partial charge in [0.2, 0.25) is 5.91 Å². The molecule has 49 heavy (non-hydrogen) atoms. The normalized spacial score (nSPS) is 21.7. The summed E-state index contributed by atoms with van der Waals surface area (Å²) in [7, 11) is -4.13. The lowest BCUT2D eigenvalue weighted by Gasteiger charge is -2.46. The molecular weight excluding hydrogens is 646 g/mol. The van der Waals surface area contributed by atoms with Crippen molar-refractivity contribution in [3.05, 3.63) is 144 Å². The Bertz CT molecular complexity index is 1520. The first kappa shape index (κ1) is 37.0. The molecule has 0 saturated carbocycles. The second-order valence-electron chi connectivity index (χ2n) is 11.7. The first-order valence-corrected chi connectivity index (χ1v) is 18.4. The predicted octanol–water partition coefficient (Wildman–Crippen LogP) is 8.64. The lowest BCUT2D eigenvalue weighted by molar-refractivity contribution is -0.327. The predicted molar refractivity (Wildman–Crippen MR) is 185 cm³/mol. The highest BCUT2D eigenvalue weighted by Crippen LogP contribution is 2.56. The molecule has 5 rings (SSSR count). The van der Waals surface area contributed by atoms with Gasteiger partial charge in [-0.1, -0.05) is 121 Å². The fraction of sp³-hybridized carbons (Fsp3) is 0.385. The Morgan fingerprint density at radius 2 is 0.939 bits per heavy atom. The zero-order valence-corrected chi connectivity index (χ0v) is 28.9. The van der Waals surface area contributed by atoms with Crippen LogP contribution in [0.1, 0.15) is 42.5 Å². The monoisotopic (exact) mass is 692 g/mol. The van der Waals surface area contributed by atoms with Crippen LogP contribution in [0.5, 0.6) is 0 Å². The van der Waals surface area contributed by atoms with Gasteiger partial charge in [0.25, 0.3) is 0 Å². The van der Waals surface area contributed by atoms with Crippen LogP contribution in [-0.4, -0.2) is 49.8 Å². The average Bonchev–Trinajstić information content (AvgIpc) is 3.14. The van der Waals surface area contributed by atoms with E-state index in [1.165, 1.54) is 0 Å². The van der Waals surface area contributed by atoms with Gasteiger partial charge in [0.1, 0.15) is 18.3 Å². The second kappa shape index (κ2) is 19.2. The zero-order valence-electron chi connectivity index (χ0n) is 28.1. The van der Waals surface area contributed by atoms with Crippen LogP contribution < -0.4 is 0 Å². The van der Waals surface area contributed by atoms with Crippen molar-refractivity contribution < 1.29 is 41.7 Å². The third-order valence-corrected chi connectivity index (χ3v) is 10.2. The molecule has 0 unspecified atom stereocenters. The Hall–Kier alpha value is -3.24. The third kappa shape index (κ3) is 10.9. The smallest absolute Gasteiger partial charge is 0.364 e. The lowest BCUT2D eigenvalue weighted by Crippen LogP contribution is -2.61. The van der Waals surface area contributed by atoms with Gasteiger partial charge in [-0.2, -0.15) is 0 Å². The molecule has 4 aromatic carbocycles. The van der Waals surface area contributed by atoms with Gasteiger partial charge in [-0.3, -0.25) is 4.57 Å². The summed E-state index contributed by atoms with van der Waals surface area (Å²) in [6, 6.07) is 38.9.